The van der Waals surface area contributed by atoms with Crippen LogP contribution >= 0.6 is 0 Å². The Kier molecular flexibility index (Phi) is 4.62. The van der Waals surface area contributed by atoms with Gasteiger partial charge < -0.3 is 10.1 Å². The highest BCUT2D eigenvalue weighted by molar-refractivity contribution is 5.55. The number of aromatic nitrogens is 2. The van der Waals surface area contributed by atoms with Gasteiger partial charge in [-0.1, -0.05) is 42.5 Å². The molecule has 2 heterocycles. The Morgan fingerprint density at radius 1 is 1.18 bits per heavy atom. The Morgan fingerprint density at radius 2 is 1.96 bits per heavy atom. The van der Waals surface area contributed by atoms with E-state index in [4.69, 9.17) is 0 Å². The van der Waals surface area contributed by atoms with E-state index in [-0.39, 0.29) is 17.0 Å². The van der Waals surface area contributed by atoms with Gasteiger partial charge in [0.2, 0.25) is 0 Å². The van der Waals surface area contributed by atoms with Crippen LogP contribution in [0.2, 0.25) is 0 Å². The number of nitrogens with zero attached hydrogens (tertiary/aromatic N) is 3. The Hall–Kier alpha value is -3.52. The summed E-state index contributed by atoms with van der Waals surface area (Å²) in [7, 11) is 0. The number of fused-ring (bicyclic) bond motifs is 1. The van der Waals surface area contributed by atoms with Crippen LogP contribution in [0.3, 0.4) is 0 Å². The molecule has 0 spiro atoms. The third-order valence-corrected chi connectivity index (χ3v) is 4.89. The minimum Gasteiger partial charge on any atom is -0.502 e. The summed E-state index contributed by atoms with van der Waals surface area (Å²) >= 11 is 0. The monoisotopic (exact) mass is 378 g/mol. The van der Waals surface area contributed by atoms with Crippen LogP contribution < -0.4 is 5.56 Å². The number of aromatic amines is 1. The largest absolute Gasteiger partial charge is 0.502 e. The molecule has 0 radical (unpaired) electrons. The first-order valence-electron chi connectivity index (χ1n) is 8.88. The van der Waals surface area contributed by atoms with E-state index < -0.39 is 4.92 Å². The normalized spacial score (nSPS) is 13.9. The minimum atomic E-state index is -0.600. The number of aromatic hydroxyl groups is 1. The molecular formula is C20H18N4O4. The van der Waals surface area contributed by atoms with Gasteiger partial charge >= 0.3 is 5.69 Å². The molecule has 0 aliphatic carbocycles. The maximum absolute atomic E-state index is 12.5. The summed E-state index contributed by atoms with van der Waals surface area (Å²) in [6.07, 6.45) is 0.530. The van der Waals surface area contributed by atoms with Crippen LogP contribution in [0.25, 0.3) is 11.4 Å². The first-order chi connectivity index (χ1) is 13.5. The maximum Gasteiger partial charge on any atom is 0.311 e. The van der Waals surface area contributed by atoms with E-state index in [1.807, 2.05) is 35.2 Å². The van der Waals surface area contributed by atoms with Crippen molar-refractivity contribution in [3.05, 3.63) is 85.8 Å². The third kappa shape index (κ3) is 3.37. The van der Waals surface area contributed by atoms with Gasteiger partial charge in [0.1, 0.15) is 5.82 Å². The zero-order chi connectivity index (χ0) is 19.7. The second-order valence-electron chi connectivity index (χ2n) is 6.71. The van der Waals surface area contributed by atoms with Crippen LogP contribution in [0.5, 0.6) is 5.75 Å². The lowest BCUT2D eigenvalue weighted by atomic mass is 10.0. The highest BCUT2D eigenvalue weighted by Crippen LogP contribution is 2.31. The second-order valence-corrected chi connectivity index (χ2v) is 6.71. The fourth-order valence-corrected chi connectivity index (χ4v) is 3.46. The first kappa shape index (κ1) is 17.9. The van der Waals surface area contributed by atoms with Crippen molar-refractivity contribution in [2.45, 2.75) is 19.5 Å². The number of H-pyrrole nitrogens is 1. The molecule has 1 aliphatic rings. The average Bonchev–Trinajstić information content (AvgIpc) is 2.70. The van der Waals surface area contributed by atoms with Crippen molar-refractivity contribution >= 4 is 5.69 Å². The lowest BCUT2D eigenvalue weighted by molar-refractivity contribution is -0.385. The Balaban J connectivity index is 1.62. The van der Waals surface area contributed by atoms with Crippen molar-refractivity contribution in [3.63, 3.8) is 0 Å². The quantitative estimate of drug-likeness (QED) is 0.533. The fourth-order valence-electron chi connectivity index (χ4n) is 3.46. The first-order valence-corrected chi connectivity index (χ1v) is 8.88. The molecule has 28 heavy (non-hydrogen) atoms. The Bertz CT molecular complexity index is 1100. The molecule has 0 saturated heterocycles. The van der Waals surface area contributed by atoms with Crippen molar-refractivity contribution < 1.29 is 10.0 Å². The third-order valence-electron chi connectivity index (χ3n) is 4.89. The molecule has 4 rings (SSSR count). The molecule has 0 bridgehead atoms. The van der Waals surface area contributed by atoms with Gasteiger partial charge in [-0.05, 0) is 6.42 Å². The second kappa shape index (κ2) is 7.24. The zero-order valence-electron chi connectivity index (χ0n) is 15.0. The predicted octanol–water partition coefficient (Wildman–Crippen LogP) is 2.61. The number of rotatable bonds is 4. The van der Waals surface area contributed by atoms with Gasteiger partial charge in [0.25, 0.3) is 5.56 Å². The summed E-state index contributed by atoms with van der Waals surface area (Å²) in [5.41, 5.74) is 2.22. The number of benzene rings is 2. The molecule has 142 valence electrons. The molecule has 3 aromatic rings. The van der Waals surface area contributed by atoms with E-state index in [2.05, 4.69) is 9.97 Å². The molecule has 8 nitrogen and oxygen atoms in total. The van der Waals surface area contributed by atoms with E-state index in [0.717, 1.165) is 5.56 Å². The highest BCUT2D eigenvalue weighted by Gasteiger charge is 2.24. The lowest BCUT2D eigenvalue weighted by Crippen LogP contribution is -2.35. The molecule has 0 saturated carbocycles. The molecule has 1 aromatic heterocycles. The van der Waals surface area contributed by atoms with Crippen molar-refractivity contribution in [1.82, 2.24) is 14.9 Å². The van der Waals surface area contributed by atoms with Gasteiger partial charge in [0, 0.05) is 42.4 Å². The fraction of sp³-hybridized carbons (Fsp3) is 0.200. The predicted molar refractivity (Wildman–Crippen MR) is 103 cm³/mol. The van der Waals surface area contributed by atoms with E-state index >= 15 is 0 Å². The number of para-hydroxylation sites is 1. The Morgan fingerprint density at radius 3 is 2.71 bits per heavy atom. The van der Waals surface area contributed by atoms with Crippen LogP contribution in [-0.2, 0) is 19.5 Å². The molecular weight excluding hydrogens is 360 g/mol. The van der Waals surface area contributed by atoms with E-state index in [1.165, 1.54) is 6.07 Å². The van der Waals surface area contributed by atoms with Crippen LogP contribution in [0.1, 0.15) is 16.8 Å². The number of nitro groups is 1. The van der Waals surface area contributed by atoms with E-state index in [1.54, 1.807) is 12.1 Å². The number of hydrogen-bond acceptors (Lipinski definition) is 6. The minimum absolute atomic E-state index is 0.137. The molecule has 0 atom stereocenters. The molecule has 2 N–H and O–H groups in total. The number of nitro benzene ring substituents is 1. The number of nitrogens with one attached hydrogen (secondary N) is 1. The number of phenols is 1. The van der Waals surface area contributed by atoms with E-state index in [0.29, 0.717) is 48.7 Å². The summed E-state index contributed by atoms with van der Waals surface area (Å²) in [4.78, 5) is 32.4. The maximum atomic E-state index is 12.5. The summed E-state index contributed by atoms with van der Waals surface area (Å²) in [6, 6.07) is 13.9. The number of hydrogen-bond donors (Lipinski definition) is 2. The standard InChI is InChI=1S/C20H18N4O4/c25-18-14(7-4-8-17(18)24(27)28)11-23-10-9-15-16(12-23)21-19(22-20(15)26)13-5-2-1-3-6-13/h1-8,25H,9-12H2,(H,21,22,26). The van der Waals surface area contributed by atoms with Gasteiger partial charge in [0.05, 0.1) is 10.6 Å². The van der Waals surface area contributed by atoms with Crippen LogP contribution in [0, 0.1) is 10.1 Å². The molecule has 2 aromatic carbocycles. The van der Waals surface area contributed by atoms with Gasteiger partial charge in [0.15, 0.2) is 5.75 Å². The average molecular weight is 378 g/mol. The molecule has 0 unspecified atom stereocenters. The molecule has 8 heteroatoms. The highest BCUT2D eigenvalue weighted by atomic mass is 16.6. The van der Waals surface area contributed by atoms with Gasteiger partial charge in [-0.15, -0.1) is 0 Å². The topological polar surface area (TPSA) is 112 Å². The van der Waals surface area contributed by atoms with Crippen LogP contribution in [0.15, 0.2) is 53.3 Å². The van der Waals surface area contributed by atoms with Crippen molar-refractivity contribution in [2.75, 3.05) is 6.54 Å². The smallest absolute Gasteiger partial charge is 0.311 e. The van der Waals surface area contributed by atoms with E-state index in [9.17, 15) is 20.0 Å². The zero-order valence-corrected chi connectivity index (χ0v) is 15.0. The summed E-state index contributed by atoms with van der Waals surface area (Å²) in [5, 5.41) is 21.2. The molecule has 0 amide bonds. The lowest BCUT2D eigenvalue weighted by Gasteiger charge is -2.27. The number of phenolic OH excluding ortho intramolecular Hbond substituents is 1. The SMILES string of the molecule is O=c1[nH]c(-c2ccccc2)nc2c1CCN(Cc1cccc([N+](=O)[O-])c1O)C2. The summed E-state index contributed by atoms with van der Waals surface area (Å²) in [5.74, 6) is 0.200. The van der Waals surface area contributed by atoms with Gasteiger partial charge in [-0.3, -0.25) is 19.8 Å². The van der Waals surface area contributed by atoms with Crippen LogP contribution in [0.4, 0.5) is 5.69 Å². The van der Waals surface area contributed by atoms with Gasteiger partial charge in [-0.25, -0.2) is 4.98 Å². The van der Waals surface area contributed by atoms with Gasteiger partial charge in [-0.2, -0.15) is 0 Å². The molecule has 0 fully saturated rings. The van der Waals surface area contributed by atoms with Crippen molar-refractivity contribution in [3.8, 4) is 17.1 Å². The summed E-state index contributed by atoms with van der Waals surface area (Å²) in [6.45, 7) is 1.37. The van der Waals surface area contributed by atoms with Crippen molar-refractivity contribution in [1.29, 1.82) is 0 Å². The Labute approximate surface area is 160 Å². The van der Waals surface area contributed by atoms with Crippen LogP contribution in [-0.4, -0.2) is 31.4 Å². The van der Waals surface area contributed by atoms with Crippen molar-refractivity contribution in [2.24, 2.45) is 0 Å². The molecule has 1 aliphatic heterocycles. The summed E-state index contributed by atoms with van der Waals surface area (Å²) < 4.78 is 0.